The van der Waals surface area contributed by atoms with Crippen molar-refractivity contribution in [2.24, 2.45) is 0 Å². The molecular weight excluding hydrogens is 166 g/mol. The predicted molar refractivity (Wildman–Crippen MR) is 32.4 cm³/mol. The number of hydrogen-bond acceptors (Lipinski definition) is 6. The van der Waals surface area contributed by atoms with Gasteiger partial charge < -0.3 is 8.37 Å². The number of nitrogens with zero attached hydrogens (tertiary/aromatic N) is 1. The maximum Gasteiger partial charge on any atom is 0.379 e. The Kier molecular flexibility index (Phi) is 2.06. The third-order valence-electron chi connectivity index (χ3n) is 0.471. The van der Waals surface area contributed by atoms with Crippen molar-refractivity contribution in [1.82, 2.24) is 0 Å². The number of nitro groups is 1. The molecule has 0 aromatic heterocycles. The molecule has 0 N–H and O–H groups in total. The monoisotopic (exact) mass is 167 g/mol. The molecule has 0 radical (unpaired) electrons. The topological polar surface area (TPSA) is 61.6 Å². The molecule has 0 aromatic rings. The second-order valence-corrected chi connectivity index (χ2v) is 2.46. The molecule has 1 heterocycles. The Morgan fingerprint density at radius 1 is 1.56 bits per heavy atom. The number of rotatable bonds is 1. The molecule has 1 rings (SSSR count). The van der Waals surface area contributed by atoms with Crippen LogP contribution in [0.4, 0.5) is 0 Å². The molecule has 0 unspecified atom stereocenters. The molecule has 1 aliphatic heterocycles. The minimum Gasteiger partial charge on any atom is -0.371 e. The quantitative estimate of drug-likeness (QED) is 0.254. The molecule has 5 nitrogen and oxygen atoms in total. The third kappa shape index (κ3) is 2.02. The molecule has 9 heavy (non-hydrogen) atoms. The van der Waals surface area contributed by atoms with Crippen molar-refractivity contribution in [3.8, 4) is 0 Å². The van der Waals surface area contributed by atoms with E-state index in [0.717, 1.165) is 22.1 Å². The highest BCUT2D eigenvalue weighted by molar-refractivity contribution is 8.73. The van der Waals surface area contributed by atoms with E-state index in [-0.39, 0.29) is 5.95 Å². The van der Waals surface area contributed by atoms with Gasteiger partial charge in [0.25, 0.3) is 0 Å². The summed E-state index contributed by atoms with van der Waals surface area (Å²) in [6, 6.07) is 0. The van der Waals surface area contributed by atoms with Gasteiger partial charge in [-0.25, -0.2) is 0 Å². The van der Waals surface area contributed by atoms with E-state index in [2.05, 4.69) is 8.37 Å². The van der Waals surface area contributed by atoms with Crippen LogP contribution in [0, 0.1) is 10.1 Å². The minimum absolute atomic E-state index is 0.0741. The van der Waals surface area contributed by atoms with Gasteiger partial charge in [-0.2, -0.15) is 0 Å². The second kappa shape index (κ2) is 2.83. The zero-order valence-corrected chi connectivity index (χ0v) is 5.61. The summed E-state index contributed by atoms with van der Waals surface area (Å²) in [7, 11) is 0. The maximum atomic E-state index is 9.71. The first-order valence-corrected chi connectivity index (χ1v) is 3.82. The lowest BCUT2D eigenvalue weighted by molar-refractivity contribution is -0.406. The van der Waals surface area contributed by atoms with E-state index in [1.165, 1.54) is 0 Å². The molecular formula is C2HNO4S2. The van der Waals surface area contributed by atoms with Gasteiger partial charge in [-0.05, 0) is 0 Å². The predicted octanol–water partition coefficient (Wildman–Crippen LogP) is 1.32. The molecule has 1 saturated heterocycles. The summed E-state index contributed by atoms with van der Waals surface area (Å²) in [4.78, 5) is 9.07. The molecule has 0 atom stereocenters. The van der Waals surface area contributed by atoms with Crippen molar-refractivity contribution in [1.29, 1.82) is 0 Å². The van der Waals surface area contributed by atoms with Crippen molar-refractivity contribution in [2.45, 2.75) is 0 Å². The maximum absolute atomic E-state index is 9.71. The first-order valence-electron chi connectivity index (χ1n) is 1.82. The van der Waals surface area contributed by atoms with Crippen LogP contribution in [0.25, 0.3) is 0 Å². The van der Waals surface area contributed by atoms with Crippen LogP contribution in [0.3, 0.4) is 0 Å². The van der Waals surface area contributed by atoms with Crippen LogP contribution in [-0.4, -0.2) is 4.92 Å². The van der Waals surface area contributed by atoms with Crippen molar-refractivity contribution in [3.63, 3.8) is 0 Å². The fraction of sp³-hybridized carbons (Fsp3) is 0. The third-order valence-corrected chi connectivity index (χ3v) is 1.57. The Morgan fingerprint density at radius 3 is 2.56 bits per heavy atom. The van der Waals surface area contributed by atoms with Gasteiger partial charge >= 0.3 is 12.1 Å². The highest BCUT2D eigenvalue weighted by Crippen LogP contribution is 2.37. The Labute approximate surface area is 58.4 Å². The van der Waals surface area contributed by atoms with Crippen LogP contribution < -0.4 is 0 Å². The average molecular weight is 167 g/mol. The van der Waals surface area contributed by atoms with Gasteiger partial charge in [0.05, 0.1) is 4.92 Å². The standard InChI is InChI=1S/C2HNO4S2/c4-3(5)1-2-6-8-9-7-2/h1H. The Morgan fingerprint density at radius 2 is 2.11 bits per heavy atom. The van der Waals surface area contributed by atoms with Crippen LogP contribution in [0.1, 0.15) is 0 Å². The van der Waals surface area contributed by atoms with Gasteiger partial charge in [-0.15, -0.1) is 0 Å². The van der Waals surface area contributed by atoms with E-state index < -0.39 is 4.92 Å². The summed E-state index contributed by atoms with van der Waals surface area (Å²) < 4.78 is 9.08. The zero-order valence-electron chi connectivity index (χ0n) is 3.97. The van der Waals surface area contributed by atoms with Crippen molar-refractivity contribution >= 4 is 22.1 Å². The molecule has 1 fully saturated rings. The van der Waals surface area contributed by atoms with Gasteiger partial charge in [0.15, 0.2) is 22.1 Å². The van der Waals surface area contributed by atoms with Gasteiger partial charge in [-0.3, -0.25) is 10.1 Å². The summed E-state index contributed by atoms with van der Waals surface area (Å²) in [5, 5.41) is 9.71. The van der Waals surface area contributed by atoms with E-state index in [4.69, 9.17) is 0 Å². The van der Waals surface area contributed by atoms with Crippen LogP contribution in [0.15, 0.2) is 12.1 Å². The molecule has 0 aromatic carbocycles. The van der Waals surface area contributed by atoms with Crippen LogP contribution in [0.2, 0.25) is 0 Å². The summed E-state index contributed by atoms with van der Waals surface area (Å²) in [6.45, 7) is 0. The molecule has 0 saturated carbocycles. The smallest absolute Gasteiger partial charge is 0.371 e. The summed E-state index contributed by atoms with van der Waals surface area (Å²) >= 11 is 1.89. The van der Waals surface area contributed by atoms with E-state index in [0.29, 0.717) is 6.20 Å². The van der Waals surface area contributed by atoms with Crippen molar-refractivity contribution in [2.75, 3.05) is 0 Å². The van der Waals surface area contributed by atoms with E-state index in [1.54, 1.807) is 0 Å². The normalized spacial score (nSPS) is 16.2. The molecule has 1 aliphatic rings. The lowest BCUT2D eigenvalue weighted by atomic mass is 10.9. The molecule has 0 spiro atoms. The highest BCUT2D eigenvalue weighted by atomic mass is 33.1. The van der Waals surface area contributed by atoms with Crippen LogP contribution >= 0.6 is 22.1 Å². The molecule has 0 bridgehead atoms. The number of hydrogen-bond donors (Lipinski definition) is 0. The SMILES string of the molecule is O=[N+]([O-])C=C1OSSO1. The lowest BCUT2D eigenvalue weighted by Crippen LogP contribution is -1.87. The fourth-order valence-corrected chi connectivity index (χ4v) is 1.19. The average Bonchev–Trinajstić information content (AvgIpc) is 2.15. The zero-order chi connectivity index (χ0) is 6.69. The molecule has 50 valence electrons. The Hall–Kier alpha value is -0.560. The van der Waals surface area contributed by atoms with Gasteiger partial charge in [0, 0.05) is 0 Å². The van der Waals surface area contributed by atoms with Gasteiger partial charge in [0.2, 0.25) is 0 Å². The van der Waals surface area contributed by atoms with Gasteiger partial charge in [-0.1, -0.05) is 0 Å². The first-order chi connectivity index (χ1) is 4.29. The highest BCUT2D eigenvalue weighted by Gasteiger charge is 2.15. The Balaban J connectivity index is 2.49. The summed E-state index contributed by atoms with van der Waals surface area (Å²) in [5.41, 5.74) is 0. The van der Waals surface area contributed by atoms with E-state index in [1.807, 2.05) is 0 Å². The van der Waals surface area contributed by atoms with Crippen LogP contribution in [-0.2, 0) is 8.37 Å². The van der Waals surface area contributed by atoms with Crippen molar-refractivity contribution in [3.05, 3.63) is 22.3 Å². The fourth-order valence-electron chi connectivity index (χ4n) is 0.238. The van der Waals surface area contributed by atoms with E-state index >= 15 is 0 Å². The van der Waals surface area contributed by atoms with Crippen molar-refractivity contribution < 1.29 is 13.3 Å². The molecule has 7 heteroatoms. The lowest BCUT2D eigenvalue weighted by Gasteiger charge is -1.84. The summed E-state index contributed by atoms with van der Waals surface area (Å²) in [5.74, 6) is -0.0741. The van der Waals surface area contributed by atoms with Gasteiger partial charge in [0.1, 0.15) is 0 Å². The van der Waals surface area contributed by atoms with E-state index in [9.17, 15) is 10.1 Å². The molecule has 0 aliphatic carbocycles. The first kappa shape index (κ1) is 6.56. The Bertz CT molecular complexity index is 149. The second-order valence-electron chi connectivity index (χ2n) is 1.04. The summed E-state index contributed by atoms with van der Waals surface area (Å²) in [6.07, 6.45) is 0.660. The minimum atomic E-state index is -0.637. The largest absolute Gasteiger partial charge is 0.379 e. The molecule has 0 amide bonds. The van der Waals surface area contributed by atoms with Crippen LogP contribution in [0.5, 0.6) is 0 Å².